The first-order valence-corrected chi connectivity index (χ1v) is 5.30. The molecule has 3 aromatic rings. The summed E-state index contributed by atoms with van der Waals surface area (Å²) in [6.07, 6.45) is -0.225. The third-order valence-corrected chi connectivity index (χ3v) is 3.16. The van der Waals surface area contributed by atoms with Crippen molar-refractivity contribution in [1.29, 1.82) is 0 Å². The van der Waals surface area contributed by atoms with Gasteiger partial charge in [0.25, 0.3) is 11.1 Å². The number of benzene rings is 1. The van der Waals surface area contributed by atoms with Gasteiger partial charge in [0.1, 0.15) is 0 Å². The fraction of sp³-hybridized carbons (Fsp3) is 0.273. The maximum atomic E-state index is 13.8. The highest BCUT2D eigenvalue weighted by atomic mass is 19.1. The van der Waals surface area contributed by atoms with E-state index in [0.717, 1.165) is 4.57 Å². The number of aromatic nitrogens is 1. The quantitative estimate of drug-likeness (QED) is 0.629. The smallest absolute Gasteiger partial charge is 0.264 e. The summed E-state index contributed by atoms with van der Waals surface area (Å²) in [5.41, 5.74) is -2.23. The Morgan fingerprint density at radius 2 is 1.61 bits per heavy atom. The molecule has 1 unspecified atom stereocenters. The van der Waals surface area contributed by atoms with Gasteiger partial charge in [-0.05, 0) is 0 Å². The molecular formula is C11H5F2NO4. The zero-order chi connectivity index (χ0) is 12.6. The van der Waals surface area contributed by atoms with Gasteiger partial charge in [-0.2, -0.15) is 0 Å². The van der Waals surface area contributed by atoms with Gasteiger partial charge in [0.05, 0.1) is 30.0 Å². The summed E-state index contributed by atoms with van der Waals surface area (Å²) in [7, 11) is 0. The first-order chi connectivity index (χ1) is 8.59. The van der Waals surface area contributed by atoms with Crippen LogP contribution in [0.15, 0.2) is 14.0 Å². The van der Waals surface area contributed by atoms with E-state index in [4.69, 9.17) is 4.74 Å². The van der Waals surface area contributed by atoms with Crippen molar-refractivity contribution in [3.05, 3.63) is 32.3 Å². The largest absolute Gasteiger partial charge is 0.443 e. The molecule has 7 heteroatoms. The van der Waals surface area contributed by atoms with E-state index >= 15 is 0 Å². The minimum Gasteiger partial charge on any atom is -0.443 e. The molecule has 1 fully saturated rings. The zero-order valence-electron chi connectivity index (χ0n) is 8.83. The molecule has 1 aliphatic heterocycles. The Hall–Kier alpha value is -2.02. The van der Waals surface area contributed by atoms with Crippen LogP contribution < -0.4 is 11.1 Å². The zero-order valence-corrected chi connectivity index (χ0v) is 8.83. The van der Waals surface area contributed by atoms with E-state index in [0.29, 0.717) is 6.61 Å². The van der Waals surface area contributed by atoms with Gasteiger partial charge in [-0.3, -0.25) is 14.2 Å². The molecule has 0 aliphatic carbocycles. The van der Waals surface area contributed by atoms with Crippen molar-refractivity contribution in [2.24, 2.45) is 0 Å². The van der Waals surface area contributed by atoms with E-state index in [1.165, 1.54) is 0 Å². The van der Waals surface area contributed by atoms with Crippen LogP contribution in [0.2, 0.25) is 0 Å². The predicted molar refractivity (Wildman–Crippen MR) is 56.3 cm³/mol. The molecule has 0 saturated carbocycles. The molecular weight excluding hydrogens is 248 g/mol. The fourth-order valence-corrected chi connectivity index (χ4v) is 2.12. The second-order valence-electron chi connectivity index (χ2n) is 4.31. The molecule has 3 heterocycles. The van der Waals surface area contributed by atoms with E-state index < -0.39 is 33.5 Å². The minimum absolute atomic E-state index is 0.0246. The van der Waals surface area contributed by atoms with Crippen molar-refractivity contribution in [2.45, 2.75) is 12.6 Å². The Morgan fingerprint density at radius 3 is 2.06 bits per heavy atom. The third-order valence-electron chi connectivity index (χ3n) is 3.16. The van der Waals surface area contributed by atoms with Gasteiger partial charge < -0.3 is 9.15 Å². The molecule has 5 nitrogen and oxygen atoms in total. The number of nitrogens with zero attached hydrogens (tertiary/aromatic N) is 1. The van der Waals surface area contributed by atoms with Crippen LogP contribution in [-0.2, 0) is 11.3 Å². The molecule has 1 aliphatic rings. The van der Waals surface area contributed by atoms with E-state index in [2.05, 4.69) is 4.42 Å². The number of rotatable bonds is 2. The highest BCUT2D eigenvalue weighted by Gasteiger charge is 2.32. The lowest BCUT2D eigenvalue weighted by molar-refractivity contribution is 0.379. The van der Waals surface area contributed by atoms with Crippen molar-refractivity contribution >= 4 is 21.9 Å². The summed E-state index contributed by atoms with van der Waals surface area (Å²) in [6.45, 7) is 0.467. The van der Waals surface area contributed by atoms with Crippen LogP contribution in [0.3, 0.4) is 0 Å². The van der Waals surface area contributed by atoms with E-state index in [1.807, 2.05) is 0 Å². The molecule has 1 saturated heterocycles. The SMILES string of the molecule is O=c1c2c(F)c3oc3c(F)c2c(=O)n1CC1CO1. The Bertz CT molecular complexity index is 814. The van der Waals surface area contributed by atoms with Gasteiger partial charge in [-0.1, -0.05) is 0 Å². The Balaban J connectivity index is 2.14. The number of halogens is 2. The molecule has 0 radical (unpaired) electrons. The summed E-state index contributed by atoms with van der Waals surface area (Å²) >= 11 is 0. The van der Waals surface area contributed by atoms with Crippen LogP contribution in [-0.4, -0.2) is 17.3 Å². The summed E-state index contributed by atoms with van der Waals surface area (Å²) in [6, 6.07) is 0. The number of fused-ring (bicyclic) bond motifs is 2. The lowest BCUT2D eigenvalue weighted by Gasteiger charge is -1.93. The van der Waals surface area contributed by atoms with E-state index in [-0.39, 0.29) is 23.8 Å². The van der Waals surface area contributed by atoms with Crippen molar-refractivity contribution < 1.29 is 17.9 Å². The van der Waals surface area contributed by atoms with Gasteiger partial charge >= 0.3 is 0 Å². The van der Waals surface area contributed by atoms with Crippen LogP contribution in [0.1, 0.15) is 0 Å². The summed E-state index contributed by atoms with van der Waals surface area (Å²) in [5, 5.41) is -1.07. The maximum absolute atomic E-state index is 13.8. The lowest BCUT2D eigenvalue weighted by atomic mass is 10.2. The number of hydrogen-bond donors (Lipinski definition) is 0. The molecule has 0 spiro atoms. The van der Waals surface area contributed by atoms with Gasteiger partial charge in [-0.25, -0.2) is 8.78 Å². The molecule has 18 heavy (non-hydrogen) atoms. The maximum Gasteiger partial charge on any atom is 0.264 e. The minimum atomic E-state index is -0.959. The first kappa shape index (κ1) is 9.95. The van der Waals surface area contributed by atoms with Crippen molar-refractivity contribution in [3.63, 3.8) is 0 Å². The molecule has 0 bridgehead atoms. The van der Waals surface area contributed by atoms with Gasteiger partial charge in [-0.15, -0.1) is 0 Å². The van der Waals surface area contributed by atoms with Gasteiger partial charge in [0, 0.05) is 0 Å². The normalized spacial score (nSPS) is 19.3. The van der Waals surface area contributed by atoms with E-state index in [9.17, 15) is 18.4 Å². The summed E-state index contributed by atoms with van der Waals surface area (Å²) in [5.74, 6) is -1.92. The highest BCUT2D eigenvalue weighted by molar-refractivity contribution is 5.98. The molecule has 4 rings (SSSR count). The highest BCUT2D eigenvalue weighted by Crippen LogP contribution is 2.34. The summed E-state index contributed by atoms with van der Waals surface area (Å²) in [4.78, 5) is 23.8. The predicted octanol–water partition coefficient (Wildman–Crippen LogP) is 0.660. The van der Waals surface area contributed by atoms with E-state index in [1.54, 1.807) is 0 Å². The molecule has 2 aromatic heterocycles. The second-order valence-corrected chi connectivity index (χ2v) is 4.31. The van der Waals surface area contributed by atoms with Crippen LogP contribution in [0.4, 0.5) is 8.78 Å². The molecule has 0 N–H and O–H groups in total. The van der Waals surface area contributed by atoms with Crippen molar-refractivity contribution in [1.82, 2.24) is 4.57 Å². The van der Waals surface area contributed by atoms with Gasteiger partial charge in [0.2, 0.25) is 11.2 Å². The van der Waals surface area contributed by atoms with Crippen LogP contribution in [0.5, 0.6) is 0 Å². The Morgan fingerprint density at radius 1 is 1.11 bits per heavy atom. The molecule has 1 aromatic carbocycles. The monoisotopic (exact) mass is 253 g/mol. The Kier molecular flexibility index (Phi) is 1.58. The molecule has 92 valence electrons. The number of ether oxygens (including phenoxy) is 1. The third kappa shape index (κ3) is 1.07. The standard InChI is InChI=1S/C11H5F2NO4/c12-6-4-5(7(13)9-8(6)18-9)11(16)14(10(4)15)1-3-2-17-3/h3H,1-2H2. The fourth-order valence-electron chi connectivity index (χ4n) is 2.12. The topological polar surface area (TPSA) is 64.7 Å². The lowest BCUT2D eigenvalue weighted by Crippen LogP contribution is -2.27. The summed E-state index contributed by atoms with van der Waals surface area (Å²) < 4.78 is 37.8. The number of epoxide rings is 1. The van der Waals surface area contributed by atoms with Crippen molar-refractivity contribution in [3.8, 4) is 0 Å². The number of hydrogen-bond acceptors (Lipinski definition) is 4. The second kappa shape index (κ2) is 2.86. The van der Waals surface area contributed by atoms with Crippen LogP contribution >= 0.6 is 0 Å². The van der Waals surface area contributed by atoms with Crippen LogP contribution in [0, 0.1) is 11.6 Å². The van der Waals surface area contributed by atoms with Gasteiger partial charge in [0.15, 0.2) is 11.6 Å². The first-order valence-electron chi connectivity index (χ1n) is 5.30. The molecule has 1 atom stereocenters. The van der Waals surface area contributed by atoms with Crippen molar-refractivity contribution in [2.75, 3.05) is 6.61 Å². The Labute approximate surface area is 96.8 Å². The average Bonchev–Trinajstić information content (AvgIpc) is 3.21. The molecule has 0 amide bonds. The average molecular weight is 253 g/mol. The van der Waals surface area contributed by atoms with Crippen LogP contribution in [0.25, 0.3) is 21.9 Å².